The molecule has 3 amide bonds. The molecule has 0 saturated heterocycles. The SMILES string of the molecule is NC(CNC(=O)NC(CS)C(=O)NCC(=O)O)C(=O)O. The van der Waals surface area contributed by atoms with E-state index in [2.05, 4.69) is 28.6 Å². The third kappa shape index (κ3) is 7.43. The highest BCUT2D eigenvalue weighted by atomic mass is 32.1. The first-order chi connectivity index (χ1) is 9.27. The van der Waals surface area contributed by atoms with Gasteiger partial charge < -0.3 is 31.9 Å². The van der Waals surface area contributed by atoms with Crippen molar-refractivity contribution in [3.05, 3.63) is 0 Å². The van der Waals surface area contributed by atoms with Gasteiger partial charge in [0.1, 0.15) is 18.6 Å². The molecule has 0 bridgehead atoms. The van der Waals surface area contributed by atoms with Crippen molar-refractivity contribution in [3.8, 4) is 0 Å². The first kappa shape index (κ1) is 18.0. The van der Waals surface area contributed by atoms with Crippen LogP contribution in [0.2, 0.25) is 0 Å². The Morgan fingerprint density at radius 1 is 1.15 bits per heavy atom. The lowest BCUT2D eigenvalue weighted by atomic mass is 10.3. The Labute approximate surface area is 119 Å². The van der Waals surface area contributed by atoms with Gasteiger partial charge in [0.15, 0.2) is 0 Å². The maximum Gasteiger partial charge on any atom is 0.322 e. The standard InChI is InChI=1S/C9H16N4O6S/c10-4(8(17)18)1-12-9(19)13-5(3-20)7(16)11-2-6(14)15/h4-5,20H,1-3,10H2,(H,11,16)(H,14,15)(H,17,18)(H2,12,13,19). The monoisotopic (exact) mass is 308 g/mol. The van der Waals surface area contributed by atoms with E-state index in [1.807, 2.05) is 0 Å². The minimum absolute atomic E-state index is 0.0656. The van der Waals surface area contributed by atoms with Gasteiger partial charge in [-0.2, -0.15) is 12.6 Å². The average Bonchev–Trinajstić information content (AvgIpc) is 2.38. The minimum atomic E-state index is -1.28. The molecule has 0 aliphatic rings. The largest absolute Gasteiger partial charge is 0.480 e. The number of carboxylic acid groups (broad SMARTS) is 2. The van der Waals surface area contributed by atoms with Crippen LogP contribution in [0, 0.1) is 0 Å². The maximum absolute atomic E-state index is 11.5. The molecule has 11 heteroatoms. The highest BCUT2D eigenvalue weighted by Crippen LogP contribution is 1.89. The van der Waals surface area contributed by atoms with Gasteiger partial charge in [-0.1, -0.05) is 0 Å². The third-order valence-electron chi connectivity index (χ3n) is 2.02. The number of carbonyl (C=O) groups is 4. The second-order valence-corrected chi connectivity index (χ2v) is 4.01. The molecule has 0 saturated carbocycles. The summed E-state index contributed by atoms with van der Waals surface area (Å²) in [5.74, 6) is -3.30. The molecule has 0 heterocycles. The molecule has 114 valence electrons. The lowest BCUT2D eigenvalue weighted by Crippen LogP contribution is -2.53. The molecular weight excluding hydrogens is 292 g/mol. The van der Waals surface area contributed by atoms with Crippen LogP contribution >= 0.6 is 12.6 Å². The number of thiol groups is 1. The van der Waals surface area contributed by atoms with E-state index in [-0.39, 0.29) is 12.3 Å². The number of nitrogens with one attached hydrogen (secondary N) is 3. The van der Waals surface area contributed by atoms with Crippen LogP contribution in [0.4, 0.5) is 4.79 Å². The van der Waals surface area contributed by atoms with E-state index in [9.17, 15) is 19.2 Å². The first-order valence-corrected chi connectivity index (χ1v) is 6.04. The number of amides is 3. The van der Waals surface area contributed by atoms with E-state index in [4.69, 9.17) is 15.9 Å². The van der Waals surface area contributed by atoms with Gasteiger partial charge in [-0.3, -0.25) is 14.4 Å². The summed E-state index contributed by atoms with van der Waals surface area (Å²) < 4.78 is 0. The Kier molecular flexibility index (Phi) is 8.08. The van der Waals surface area contributed by atoms with Gasteiger partial charge in [0, 0.05) is 12.3 Å². The fourth-order valence-corrected chi connectivity index (χ4v) is 1.24. The number of urea groups is 1. The lowest BCUT2D eigenvalue weighted by Gasteiger charge is -2.16. The van der Waals surface area contributed by atoms with Crippen LogP contribution in [-0.4, -0.2) is 65.0 Å². The average molecular weight is 308 g/mol. The number of hydrogen-bond donors (Lipinski definition) is 7. The molecule has 7 N–H and O–H groups in total. The number of rotatable bonds is 8. The molecule has 20 heavy (non-hydrogen) atoms. The summed E-state index contributed by atoms with van der Waals surface area (Å²) in [5, 5.41) is 23.3. The molecule has 0 aromatic heterocycles. The Morgan fingerprint density at radius 3 is 2.20 bits per heavy atom. The summed E-state index contributed by atoms with van der Waals surface area (Å²) in [6.45, 7) is -0.909. The summed E-state index contributed by atoms with van der Waals surface area (Å²) in [6.07, 6.45) is 0. The number of aliphatic carboxylic acids is 2. The van der Waals surface area contributed by atoms with Gasteiger partial charge in [0.2, 0.25) is 5.91 Å². The predicted molar refractivity (Wildman–Crippen MR) is 70.4 cm³/mol. The van der Waals surface area contributed by atoms with Crippen molar-refractivity contribution in [2.24, 2.45) is 5.73 Å². The van der Waals surface area contributed by atoms with Crippen LogP contribution in [-0.2, 0) is 14.4 Å². The summed E-state index contributed by atoms with van der Waals surface area (Å²) in [4.78, 5) is 43.6. The van der Waals surface area contributed by atoms with Gasteiger partial charge in [-0.05, 0) is 0 Å². The van der Waals surface area contributed by atoms with Gasteiger partial charge in [-0.25, -0.2) is 4.79 Å². The maximum atomic E-state index is 11.5. The van der Waals surface area contributed by atoms with Crippen LogP contribution < -0.4 is 21.7 Å². The predicted octanol–water partition coefficient (Wildman–Crippen LogP) is -2.80. The smallest absolute Gasteiger partial charge is 0.322 e. The molecule has 0 aliphatic carbocycles. The zero-order chi connectivity index (χ0) is 15.7. The minimum Gasteiger partial charge on any atom is -0.480 e. The molecule has 2 atom stereocenters. The second kappa shape index (κ2) is 8.98. The quantitative estimate of drug-likeness (QED) is 0.237. The van der Waals surface area contributed by atoms with Crippen molar-refractivity contribution in [2.45, 2.75) is 12.1 Å². The normalized spacial score (nSPS) is 12.9. The van der Waals surface area contributed by atoms with E-state index in [0.717, 1.165) is 0 Å². The van der Waals surface area contributed by atoms with Crippen molar-refractivity contribution >= 4 is 36.5 Å². The van der Waals surface area contributed by atoms with Crippen molar-refractivity contribution in [1.29, 1.82) is 0 Å². The van der Waals surface area contributed by atoms with Crippen LogP contribution in [0.25, 0.3) is 0 Å². The molecule has 10 nitrogen and oxygen atoms in total. The van der Waals surface area contributed by atoms with Gasteiger partial charge >= 0.3 is 18.0 Å². The van der Waals surface area contributed by atoms with Crippen molar-refractivity contribution in [1.82, 2.24) is 16.0 Å². The Balaban J connectivity index is 4.21. The summed E-state index contributed by atoms with van der Waals surface area (Å²) in [7, 11) is 0. The van der Waals surface area contributed by atoms with Crippen LogP contribution in [0.1, 0.15) is 0 Å². The fourth-order valence-electron chi connectivity index (χ4n) is 0.979. The van der Waals surface area contributed by atoms with Gasteiger partial charge in [-0.15, -0.1) is 0 Å². The molecule has 2 unspecified atom stereocenters. The molecule has 0 radical (unpaired) electrons. The van der Waals surface area contributed by atoms with Gasteiger partial charge in [0.05, 0.1) is 0 Å². The highest BCUT2D eigenvalue weighted by molar-refractivity contribution is 7.80. The molecule has 0 spiro atoms. The number of hydrogen-bond acceptors (Lipinski definition) is 6. The van der Waals surface area contributed by atoms with Crippen LogP contribution in [0.3, 0.4) is 0 Å². The molecule has 0 aromatic rings. The van der Waals surface area contributed by atoms with Crippen molar-refractivity contribution < 1.29 is 29.4 Å². The lowest BCUT2D eigenvalue weighted by molar-refractivity contribution is -0.138. The number of carboxylic acids is 2. The van der Waals surface area contributed by atoms with Crippen molar-refractivity contribution in [2.75, 3.05) is 18.8 Å². The Bertz CT molecular complexity index is 391. The van der Waals surface area contributed by atoms with E-state index >= 15 is 0 Å². The Morgan fingerprint density at radius 2 is 1.75 bits per heavy atom. The molecule has 0 rings (SSSR count). The highest BCUT2D eigenvalue weighted by Gasteiger charge is 2.20. The van der Waals surface area contributed by atoms with Gasteiger partial charge in [0.25, 0.3) is 0 Å². The van der Waals surface area contributed by atoms with Crippen LogP contribution in [0.15, 0.2) is 0 Å². The molecule has 0 aromatic carbocycles. The zero-order valence-electron chi connectivity index (χ0n) is 10.3. The summed E-state index contributed by atoms with van der Waals surface area (Å²) in [6, 6.07) is -3.14. The fraction of sp³-hybridized carbons (Fsp3) is 0.556. The Hall–Kier alpha value is -2.01. The topological polar surface area (TPSA) is 171 Å². The molecular formula is C9H16N4O6S. The van der Waals surface area contributed by atoms with E-state index in [0.29, 0.717) is 0 Å². The molecule has 0 aliphatic heterocycles. The van der Waals surface area contributed by atoms with E-state index in [1.54, 1.807) is 0 Å². The first-order valence-electron chi connectivity index (χ1n) is 5.41. The molecule has 0 fully saturated rings. The van der Waals surface area contributed by atoms with E-state index < -0.39 is 42.5 Å². The zero-order valence-corrected chi connectivity index (χ0v) is 11.2. The van der Waals surface area contributed by atoms with Crippen LogP contribution in [0.5, 0.6) is 0 Å². The third-order valence-corrected chi connectivity index (χ3v) is 2.38. The van der Waals surface area contributed by atoms with E-state index in [1.165, 1.54) is 0 Å². The van der Waals surface area contributed by atoms with Crippen molar-refractivity contribution in [3.63, 3.8) is 0 Å². The summed E-state index contributed by atoms with van der Waals surface area (Å²) >= 11 is 3.85. The number of carbonyl (C=O) groups excluding carboxylic acids is 2. The second-order valence-electron chi connectivity index (χ2n) is 3.65. The summed E-state index contributed by atoms with van der Waals surface area (Å²) in [5.41, 5.74) is 5.17. The number of nitrogens with two attached hydrogens (primary N) is 1.